The van der Waals surface area contributed by atoms with Gasteiger partial charge in [0.05, 0.1) is 10.7 Å². The first kappa shape index (κ1) is 13.4. The van der Waals surface area contributed by atoms with Crippen molar-refractivity contribution in [2.75, 3.05) is 11.1 Å². The molecule has 0 bridgehead atoms. The van der Waals surface area contributed by atoms with E-state index in [9.17, 15) is 9.18 Å². The number of nitrogen functional groups attached to an aromatic ring is 1. The van der Waals surface area contributed by atoms with Gasteiger partial charge in [0.1, 0.15) is 5.82 Å². The van der Waals surface area contributed by atoms with E-state index in [2.05, 4.69) is 5.32 Å². The van der Waals surface area contributed by atoms with Crippen molar-refractivity contribution in [1.82, 2.24) is 0 Å². The molecule has 0 saturated carbocycles. The van der Waals surface area contributed by atoms with Crippen molar-refractivity contribution in [1.29, 1.82) is 0 Å². The average Bonchev–Trinajstić information content (AvgIpc) is 2.31. The number of carbonyl (C=O) groups excluding carboxylic acids is 1. The normalized spacial score (nSPS) is 10.3. The Kier molecular flexibility index (Phi) is 3.71. The standard InChI is InChI=1S/C14H12ClFN2O/c1-8-4-10(16)7-11(5-8)18-14(19)9-2-3-13(17)12(15)6-9/h2-7H,17H2,1H3,(H,18,19). The van der Waals surface area contributed by atoms with Crippen LogP contribution in [-0.4, -0.2) is 5.91 Å². The number of halogens is 2. The lowest BCUT2D eigenvalue weighted by atomic mass is 10.1. The largest absolute Gasteiger partial charge is 0.398 e. The fraction of sp³-hybridized carbons (Fsp3) is 0.0714. The molecule has 2 aromatic rings. The van der Waals surface area contributed by atoms with Crippen molar-refractivity contribution in [2.24, 2.45) is 0 Å². The highest BCUT2D eigenvalue weighted by Crippen LogP contribution is 2.21. The molecule has 2 aromatic carbocycles. The summed E-state index contributed by atoms with van der Waals surface area (Å²) >= 11 is 5.85. The van der Waals surface area contributed by atoms with Crippen molar-refractivity contribution in [2.45, 2.75) is 6.92 Å². The third-order valence-electron chi connectivity index (χ3n) is 2.56. The lowest BCUT2D eigenvalue weighted by Gasteiger charge is -2.07. The summed E-state index contributed by atoms with van der Waals surface area (Å²) in [5.74, 6) is -0.766. The van der Waals surface area contributed by atoms with Crippen molar-refractivity contribution in [3.05, 3.63) is 58.4 Å². The molecule has 0 fully saturated rings. The Bertz CT molecular complexity index is 623. The summed E-state index contributed by atoms with van der Waals surface area (Å²) in [5, 5.41) is 2.92. The van der Waals surface area contributed by atoms with Crippen molar-refractivity contribution >= 4 is 28.9 Å². The van der Waals surface area contributed by atoms with E-state index in [0.29, 0.717) is 22.0 Å². The van der Waals surface area contributed by atoms with Gasteiger partial charge >= 0.3 is 0 Å². The number of hydrogen-bond donors (Lipinski definition) is 2. The van der Waals surface area contributed by atoms with E-state index < -0.39 is 5.82 Å². The van der Waals surface area contributed by atoms with Gasteiger partial charge in [0, 0.05) is 11.3 Å². The molecule has 0 aliphatic rings. The highest BCUT2D eigenvalue weighted by atomic mass is 35.5. The Morgan fingerprint density at radius 1 is 1.26 bits per heavy atom. The van der Waals surface area contributed by atoms with Gasteiger partial charge in [0.25, 0.3) is 5.91 Å². The zero-order chi connectivity index (χ0) is 14.0. The summed E-state index contributed by atoms with van der Waals surface area (Å²) in [4.78, 5) is 12.0. The van der Waals surface area contributed by atoms with Crippen LogP contribution in [0.1, 0.15) is 15.9 Å². The van der Waals surface area contributed by atoms with Gasteiger partial charge in [0.2, 0.25) is 0 Å². The summed E-state index contributed by atoms with van der Waals surface area (Å²) in [6.07, 6.45) is 0. The van der Waals surface area contributed by atoms with Crippen LogP contribution < -0.4 is 11.1 Å². The van der Waals surface area contributed by atoms with Gasteiger partial charge in [-0.1, -0.05) is 11.6 Å². The zero-order valence-electron chi connectivity index (χ0n) is 10.2. The molecule has 0 spiro atoms. The second kappa shape index (κ2) is 5.28. The lowest BCUT2D eigenvalue weighted by Crippen LogP contribution is -2.12. The number of nitrogens with one attached hydrogen (secondary N) is 1. The monoisotopic (exact) mass is 278 g/mol. The number of amides is 1. The number of carbonyl (C=O) groups is 1. The molecule has 5 heteroatoms. The van der Waals surface area contributed by atoms with Gasteiger partial charge in [-0.05, 0) is 48.9 Å². The predicted molar refractivity (Wildman–Crippen MR) is 75.0 cm³/mol. The summed E-state index contributed by atoms with van der Waals surface area (Å²) < 4.78 is 13.2. The maximum atomic E-state index is 13.2. The van der Waals surface area contributed by atoms with E-state index in [1.165, 1.54) is 18.2 Å². The molecule has 0 aromatic heterocycles. The molecule has 0 aliphatic carbocycles. The van der Waals surface area contributed by atoms with Gasteiger partial charge in [0.15, 0.2) is 0 Å². The quantitative estimate of drug-likeness (QED) is 0.824. The van der Waals surface area contributed by atoms with Crippen LogP contribution >= 0.6 is 11.6 Å². The summed E-state index contributed by atoms with van der Waals surface area (Å²) in [6, 6.07) is 8.90. The minimum atomic E-state index is -0.398. The molecule has 0 aliphatic heterocycles. The van der Waals surface area contributed by atoms with Gasteiger partial charge in [-0.3, -0.25) is 4.79 Å². The van der Waals surface area contributed by atoms with E-state index in [1.807, 2.05) is 0 Å². The lowest BCUT2D eigenvalue weighted by molar-refractivity contribution is 0.102. The van der Waals surface area contributed by atoms with Crippen LogP contribution in [0.4, 0.5) is 15.8 Å². The summed E-state index contributed by atoms with van der Waals surface area (Å²) in [5.41, 5.74) is 7.46. The minimum absolute atomic E-state index is 0.308. The number of rotatable bonds is 2. The fourth-order valence-electron chi connectivity index (χ4n) is 1.68. The maximum absolute atomic E-state index is 13.2. The highest BCUT2D eigenvalue weighted by molar-refractivity contribution is 6.33. The fourth-order valence-corrected chi connectivity index (χ4v) is 1.86. The number of hydrogen-bond acceptors (Lipinski definition) is 2. The van der Waals surface area contributed by atoms with E-state index in [4.69, 9.17) is 17.3 Å². The van der Waals surface area contributed by atoms with Crippen LogP contribution in [0.15, 0.2) is 36.4 Å². The molecule has 0 unspecified atom stereocenters. The van der Waals surface area contributed by atoms with E-state index >= 15 is 0 Å². The molecule has 1 amide bonds. The molecule has 19 heavy (non-hydrogen) atoms. The zero-order valence-corrected chi connectivity index (χ0v) is 11.0. The first-order chi connectivity index (χ1) is 8.95. The summed E-state index contributed by atoms with van der Waals surface area (Å²) in [7, 11) is 0. The molecule has 3 N–H and O–H groups in total. The molecule has 0 radical (unpaired) electrons. The van der Waals surface area contributed by atoms with Gasteiger partial charge < -0.3 is 11.1 Å². The number of benzene rings is 2. The molecule has 0 heterocycles. The number of aryl methyl sites for hydroxylation is 1. The molecule has 0 atom stereocenters. The Labute approximate surface area is 115 Å². The average molecular weight is 279 g/mol. The Balaban J connectivity index is 2.22. The number of nitrogens with two attached hydrogens (primary N) is 1. The van der Waals surface area contributed by atoms with Crippen molar-refractivity contribution in [3.8, 4) is 0 Å². The predicted octanol–water partition coefficient (Wildman–Crippen LogP) is 3.62. The topological polar surface area (TPSA) is 55.1 Å². The van der Waals surface area contributed by atoms with Crippen LogP contribution in [0.2, 0.25) is 5.02 Å². The second-order valence-electron chi connectivity index (χ2n) is 4.21. The Hall–Kier alpha value is -2.07. The first-order valence-corrected chi connectivity index (χ1v) is 5.97. The van der Waals surface area contributed by atoms with Crippen LogP contribution in [0.5, 0.6) is 0 Å². The van der Waals surface area contributed by atoms with Crippen LogP contribution in [-0.2, 0) is 0 Å². The molecule has 2 rings (SSSR count). The molecule has 0 saturated heterocycles. The van der Waals surface area contributed by atoms with Gasteiger partial charge in [-0.15, -0.1) is 0 Å². The van der Waals surface area contributed by atoms with Crippen LogP contribution in [0, 0.1) is 12.7 Å². The van der Waals surface area contributed by atoms with Crippen LogP contribution in [0.3, 0.4) is 0 Å². The minimum Gasteiger partial charge on any atom is -0.398 e. The van der Waals surface area contributed by atoms with E-state index in [0.717, 1.165) is 5.56 Å². The first-order valence-electron chi connectivity index (χ1n) is 5.59. The van der Waals surface area contributed by atoms with E-state index in [-0.39, 0.29) is 5.91 Å². The van der Waals surface area contributed by atoms with Crippen molar-refractivity contribution < 1.29 is 9.18 Å². The maximum Gasteiger partial charge on any atom is 0.255 e. The molecular weight excluding hydrogens is 267 g/mol. The highest BCUT2D eigenvalue weighted by Gasteiger charge is 2.09. The third-order valence-corrected chi connectivity index (χ3v) is 2.89. The summed E-state index contributed by atoms with van der Waals surface area (Å²) in [6.45, 7) is 1.75. The van der Waals surface area contributed by atoms with Gasteiger partial charge in [-0.25, -0.2) is 4.39 Å². The van der Waals surface area contributed by atoms with Crippen LogP contribution in [0.25, 0.3) is 0 Å². The second-order valence-corrected chi connectivity index (χ2v) is 4.61. The molecule has 3 nitrogen and oxygen atoms in total. The molecule has 98 valence electrons. The van der Waals surface area contributed by atoms with E-state index in [1.54, 1.807) is 25.1 Å². The number of anilines is 2. The Morgan fingerprint density at radius 2 is 2.00 bits per heavy atom. The molecular formula is C14H12ClFN2O. The third kappa shape index (κ3) is 3.23. The smallest absolute Gasteiger partial charge is 0.255 e. The van der Waals surface area contributed by atoms with Gasteiger partial charge in [-0.2, -0.15) is 0 Å². The van der Waals surface area contributed by atoms with Crippen molar-refractivity contribution in [3.63, 3.8) is 0 Å². The Morgan fingerprint density at radius 3 is 2.63 bits per heavy atom. The SMILES string of the molecule is Cc1cc(F)cc(NC(=O)c2ccc(N)c(Cl)c2)c1.